The molecule has 2 aromatic rings. The fourth-order valence-corrected chi connectivity index (χ4v) is 3.31. The highest BCUT2D eigenvalue weighted by atomic mass is 127. The highest BCUT2D eigenvalue weighted by Gasteiger charge is 2.26. The number of aromatic nitrogens is 2. The van der Waals surface area contributed by atoms with Gasteiger partial charge in [0.15, 0.2) is 5.96 Å². The first-order valence-corrected chi connectivity index (χ1v) is 8.16. The van der Waals surface area contributed by atoms with Gasteiger partial charge in [-0.2, -0.15) is 0 Å². The van der Waals surface area contributed by atoms with Crippen LogP contribution in [-0.2, 0) is 13.6 Å². The van der Waals surface area contributed by atoms with Crippen LogP contribution in [0.3, 0.4) is 0 Å². The lowest BCUT2D eigenvalue weighted by Crippen LogP contribution is -2.40. The minimum atomic E-state index is 0. The molecule has 5 nitrogen and oxygen atoms in total. The second kappa shape index (κ2) is 8.50. The molecule has 1 aliphatic rings. The van der Waals surface area contributed by atoms with Gasteiger partial charge in [0.2, 0.25) is 0 Å². The van der Waals surface area contributed by atoms with Crippen molar-refractivity contribution in [3.8, 4) is 0 Å². The summed E-state index contributed by atoms with van der Waals surface area (Å²) in [5, 5.41) is 3.43. The molecule has 1 aromatic heterocycles. The molecule has 1 N–H and O–H groups in total. The topological polar surface area (TPSA) is 45.5 Å². The number of likely N-dealkylation sites (tertiary alicyclic amines) is 1. The van der Waals surface area contributed by atoms with Crippen LogP contribution in [0, 0.1) is 6.92 Å². The van der Waals surface area contributed by atoms with E-state index in [4.69, 9.17) is 0 Å². The van der Waals surface area contributed by atoms with Gasteiger partial charge in [0.05, 0.1) is 6.54 Å². The second-order valence-corrected chi connectivity index (χ2v) is 6.14. The van der Waals surface area contributed by atoms with Gasteiger partial charge in [-0.25, -0.2) is 4.98 Å². The van der Waals surface area contributed by atoms with Crippen LogP contribution < -0.4 is 5.32 Å². The summed E-state index contributed by atoms with van der Waals surface area (Å²) in [5.41, 5.74) is 2.85. The minimum Gasteiger partial charge on any atom is -0.349 e. The van der Waals surface area contributed by atoms with Crippen LogP contribution in [0.2, 0.25) is 0 Å². The summed E-state index contributed by atoms with van der Waals surface area (Å²) in [4.78, 5) is 11.1. The zero-order valence-corrected chi connectivity index (χ0v) is 16.9. The Morgan fingerprint density at radius 1 is 1.38 bits per heavy atom. The Kier molecular flexibility index (Phi) is 6.65. The quantitative estimate of drug-likeness (QED) is 0.455. The zero-order chi connectivity index (χ0) is 16.2. The standard InChI is InChI=1S/C18H25N5.HI/c1-14-6-4-5-7-16(14)15-8-10-23(13-15)18(19-2)21-12-17-20-9-11-22(17)3;/h4-7,9,11,15H,8,10,12-13H2,1-3H3,(H,19,21);1H. The van der Waals surface area contributed by atoms with E-state index in [1.165, 1.54) is 17.5 Å². The number of aryl methyl sites for hydroxylation is 2. The summed E-state index contributed by atoms with van der Waals surface area (Å²) in [5.74, 6) is 2.56. The second-order valence-electron chi connectivity index (χ2n) is 6.14. The molecule has 130 valence electrons. The molecule has 1 aliphatic heterocycles. The van der Waals surface area contributed by atoms with Crippen LogP contribution in [0.1, 0.15) is 29.3 Å². The van der Waals surface area contributed by atoms with Crippen LogP contribution in [0.5, 0.6) is 0 Å². The molecule has 3 rings (SSSR count). The number of nitrogens with one attached hydrogen (secondary N) is 1. The number of benzene rings is 1. The largest absolute Gasteiger partial charge is 0.349 e. The van der Waals surface area contributed by atoms with E-state index >= 15 is 0 Å². The molecule has 0 saturated carbocycles. The van der Waals surface area contributed by atoms with Crippen molar-refractivity contribution in [3.63, 3.8) is 0 Å². The van der Waals surface area contributed by atoms with E-state index in [2.05, 4.69) is 51.4 Å². The molecule has 0 aliphatic carbocycles. The Balaban J connectivity index is 0.00000208. The van der Waals surface area contributed by atoms with Crippen molar-refractivity contribution in [2.75, 3.05) is 20.1 Å². The number of imidazole rings is 1. The van der Waals surface area contributed by atoms with Crippen LogP contribution >= 0.6 is 24.0 Å². The van der Waals surface area contributed by atoms with E-state index in [9.17, 15) is 0 Å². The lowest BCUT2D eigenvalue weighted by molar-refractivity contribution is 0.483. The highest BCUT2D eigenvalue weighted by Crippen LogP contribution is 2.29. The van der Waals surface area contributed by atoms with E-state index in [-0.39, 0.29) is 24.0 Å². The molecule has 1 fully saturated rings. The fourth-order valence-electron chi connectivity index (χ4n) is 3.31. The van der Waals surface area contributed by atoms with Crippen molar-refractivity contribution >= 4 is 29.9 Å². The Hall–Kier alpha value is -1.57. The normalized spacial score (nSPS) is 17.7. The summed E-state index contributed by atoms with van der Waals surface area (Å²) < 4.78 is 2.03. The Morgan fingerprint density at radius 2 is 2.17 bits per heavy atom. The number of rotatable bonds is 3. The molecule has 1 saturated heterocycles. The fraction of sp³-hybridized carbons (Fsp3) is 0.444. The number of guanidine groups is 1. The van der Waals surface area contributed by atoms with Gasteiger partial charge in [-0.15, -0.1) is 24.0 Å². The molecule has 0 radical (unpaired) electrons. The van der Waals surface area contributed by atoms with E-state index in [1.54, 1.807) is 0 Å². The maximum Gasteiger partial charge on any atom is 0.194 e. The van der Waals surface area contributed by atoms with Crippen LogP contribution in [0.4, 0.5) is 0 Å². The van der Waals surface area contributed by atoms with Crippen LogP contribution in [0.25, 0.3) is 0 Å². The number of halogens is 1. The third-order valence-corrected chi connectivity index (χ3v) is 4.65. The van der Waals surface area contributed by atoms with Crippen molar-refractivity contribution < 1.29 is 0 Å². The highest BCUT2D eigenvalue weighted by molar-refractivity contribution is 14.0. The smallest absolute Gasteiger partial charge is 0.194 e. The van der Waals surface area contributed by atoms with Gasteiger partial charge >= 0.3 is 0 Å². The van der Waals surface area contributed by atoms with Gasteiger partial charge in [0, 0.05) is 45.5 Å². The maximum absolute atomic E-state index is 4.44. The molecule has 0 bridgehead atoms. The number of aliphatic imine (C=N–C) groups is 1. The third kappa shape index (κ3) is 4.09. The average molecular weight is 439 g/mol. The van der Waals surface area contributed by atoms with Gasteiger partial charge in [-0.1, -0.05) is 24.3 Å². The van der Waals surface area contributed by atoms with Crippen LogP contribution in [-0.4, -0.2) is 40.5 Å². The third-order valence-electron chi connectivity index (χ3n) is 4.65. The van der Waals surface area contributed by atoms with Gasteiger partial charge < -0.3 is 14.8 Å². The lowest BCUT2D eigenvalue weighted by atomic mass is 9.94. The molecule has 2 heterocycles. The first-order chi connectivity index (χ1) is 11.2. The Bertz CT molecular complexity index is 694. The maximum atomic E-state index is 4.44. The van der Waals surface area contributed by atoms with Crippen LogP contribution in [0.15, 0.2) is 41.7 Å². The average Bonchev–Trinajstić information content (AvgIpc) is 3.18. The minimum absolute atomic E-state index is 0. The lowest BCUT2D eigenvalue weighted by Gasteiger charge is -2.22. The number of nitrogens with zero attached hydrogens (tertiary/aromatic N) is 4. The van der Waals surface area contributed by atoms with E-state index in [0.717, 1.165) is 24.9 Å². The Labute approximate surface area is 161 Å². The van der Waals surface area contributed by atoms with Crippen molar-refractivity contribution in [2.45, 2.75) is 25.8 Å². The predicted molar refractivity (Wildman–Crippen MR) is 109 cm³/mol. The van der Waals surface area contributed by atoms with Crippen molar-refractivity contribution in [2.24, 2.45) is 12.0 Å². The van der Waals surface area contributed by atoms with Gasteiger partial charge in [0.25, 0.3) is 0 Å². The monoisotopic (exact) mass is 439 g/mol. The van der Waals surface area contributed by atoms with E-state index < -0.39 is 0 Å². The molecule has 1 atom stereocenters. The molecule has 0 spiro atoms. The van der Waals surface area contributed by atoms with E-state index in [1.807, 2.05) is 31.1 Å². The Morgan fingerprint density at radius 3 is 2.83 bits per heavy atom. The molecule has 24 heavy (non-hydrogen) atoms. The molecule has 1 unspecified atom stereocenters. The molecule has 1 aromatic carbocycles. The molecule has 0 amide bonds. The summed E-state index contributed by atoms with van der Waals surface area (Å²) >= 11 is 0. The molecular weight excluding hydrogens is 413 g/mol. The van der Waals surface area contributed by atoms with Crippen molar-refractivity contribution in [1.82, 2.24) is 19.8 Å². The predicted octanol–water partition coefficient (Wildman–Crippen LogP) is 2.91. The van der Waals surface area contributed by atoms with E-state index in [0.29, 0.717) is 12.5 Å². The molecular formula is C18H26IN5. The zero-order valence-electron chi connectivity index (χ0n) is 14.6. The summed E-state index contributed by atoms with van der Waals surface area (Å²) in [6.07, 6.45) is 4.96. The number of hydrogen-bond donors (Lipinski definition) is 1. The van der Waals surface area contributed by atoms with Gasteiger partial charge in [0.1, 0.15) is 5.82 Å². The van der Waals surface area contributed by atoms with Gasteiger partial charge in [-0.05, 0) is 24.5 Å². The van der Waals surface area contributed by atoms with Crippen molar-refractivity contribution in [1.29, 1.82) is 0 Å². The van der Waals surface area contributed by atoms with Gasteiger partial charge in [-0.3, -0.25) is 4.99 Å². The molecule has 6 heteroatoms. The van der Waals surface area contributed by atoms with Crippen molar-refractivity contribution in [3.05, 3.63) is 53.6 Å². The summed E-state index contributed by atoms with van der Waals surface area (Å²) in [7, 11) is 3.86. The first-order valence-electron chi connectivity index (χ1n) is 8.16. The number of hydrogen-bond acceptors (Lipinski definition) is 2. The summed E-state index contributed by atoms with van der Waals surface area (Å²) in [6.45, 7) is 4.96. The first kappa shape index (κ1) is 18.8. The SMILES string of the molecule is CN=C(NCc1nccn1C)N1CCC(c2ccccc2C)C1.I. The summed E-state index contributed by atoms with van der Waals surface area (Å²) in [6, 6.07) is 8.71.